The molecule has 0 saturated carbocycles. The monoisotopic (exact) mass is 420 g/mol. The summed E-state index contributed by atoms with van der Waals surface area (Å²) >= 11 is 0. The van der Waals surface area contributed by atoms with E-state index in [9.17, 15) is 9.59 Å². The largest absolute Gasteiger partial charge is 0.339 e. The number of nitrogens with zero attached hydrogens (tertiary/aromatic N) is 2. The zero-order valence-electron chi connectivity index (χ0n) is 19.7. The molecule has 1 fully saturated rings. The van der Waals surface area contributed by atoms with E-state index in [2.05, 4.69) is 31.7 Å². The van der Waals surface area contributed by atoms with E-state index in [1.165, 1.54) is 11.1 Å². The standard InChI is InChI=1S/C27H36N2O2/c1-6-14-29(18-25-19(2)17-20(3)26(21(25)4)22(5)30)24-12-15-28(16-13-24)27(31)23-10-8-7-9-11-23/h7-11,17,24H,6,12-16,18H2,1-5H3. The Morgan fingerprint density at radius 3 is 2.26 bits per heavy atom. The van der Waals surface area contributed by atoms with Crippen molar-refractivity contribution in [3.8, 4) is 0 Å². The second kappa shape index (κ2) is 10.2. The Balaban J connectivity index is 1.74. The summed E-state index contributed by atoms with van der Waals surface area (Å²) in [6.45, 7) is 13.6. The van der Waals surface area contributed by atoms with Crippen molar-refractivity contribution in [1.82, 2.24) is 9.80 Å². The number of Topliss-reactive ketones (excluding diaryl/α,β-unsaturated/α-hetero) is 1. The molecule has 2 aromatic carbocycles. The lowest BCUT2D eigenvalue weighted by Gasteiger charge is -2.39. The summed E-state index contributed by atoms with van der Waals surface area (Å²) in [4.78, 5) is 29.6. The van der Waals surface area contributed by atoms with Crippen molar-refractivity contribution in [1.29, 1.82) is 0 Å². The van der Waals surface area contributed by atoms with Crippen molar-refractivity contribution in [2.24, 2.45) is 0 Å². The third-order valence-electron chi connectivity index (χ3n) is 6.64. The number of likely N-dealkylation sites (tertiary alicyclic amines) is 1. The molecule has 1 saturated heterocycles. The first-order valence-corrected chi connectivity index (χ1v) is 11.5. The fourth-order valence-corrected chi connectivity index (χ4v) is 5.09. The summed E-state index contributed by atoms with van der Waals surface area (Å²) in [5.74, 6) is 0.281. The van der Waals surface area contributed by atoms with Crippen LogP contribution in [0.25, 0.3) is 0 Å². The quantitative estimate of drug-likeness (QED) is 0.568. The van der Waals surface area contributed by atoms with Gasteiger partial charge in [0.2, 0.25) is 0 Å². The highest BCUT2D eigenvalue weighted by Gasteiger charge is 2.28. The molecule has 4 nitrogen and oxygen atoms in total. The van der Waals surface area contributed by atoms with Gasteiger partial charge in [-0.25, -0.2) is 0 Å². The molecule has 4 heteroatoms. The molecular formula is C27H36N2O2. The van der Waals surface area contributed by atoms with Crippen LogP contribution in [-0.2, 0) is 6.54 Å². The van der Waals surface area contributed by atoms with E-state index >= 15 is 0 Å². The minimum atomic E-state index is 0.136. The fraction of sp³-hybridized carbons (Fsp3) is 0.481. The topological polar surface area (TPSA) is 40.6 Å². The molecule has 3 rings (SSSR count). The summed E-state index contributed by atoms with van der Waals surface area (Å²) in [5, 5.41) is 0. The first-order valence-electron chi connectivity index (χ1n) is 11.5. The first-order chi connectivity index (χ1) is 14.8. The van der Waals surface area contributed by atoms with Crippen LogP contribution in [0.5, 0.6) is 0 Å². The van der Waals surface area contributed by atoms with E-state index in [0.29, 0.717) is 6.04 Å². The second-order valence-corrected chi connectivity index (χ2v) is 8.90. The molecule has 0 aromatic heterocycles. The number of rotatable bonds is 7. The van der Waals surface area contributed by atoms with Gasteiger partial charge in [0.15, 0.2) is 5.78 Å². The van der Waals surface area contributed by atoms with Crippen LogP contribution in [0.3, 0.4) is 0 Å². The molecule has 1 aliphatic rings. The number of hydrogen-bond acceptors (Lipinski definition) is 3. The van der Waals surface area contributed by atoms with Gasteiger partial charge in [0, 0.05) is 36.8 Å². The molecule has 0 radical (unpaired) electrons. The van der Waals surface area contributed by atoms with Gasteiger partial charge >= 0.3 is 0 Å². The molecule has 1 heterocycles. The van der Waals surface area contributed by atoms with Crippen LogP contribution >= 0.6 is 0 Å². The first kappa shape index (κ1) is 23.2. The summed E-state index contributed by atoms with van der Waals surface area (Å²) < 4.78 is 0. The second-order valence-electron chi connectivity index (χ2n) is 8.90. The molecule has 0 spiro atoms. The fourth-order valence-electron chi connectivity index (χ4n) is 5.09. The Morgan fingerprint density at radius 2 is 1.68 bits per heavy atom. The van der Waals surface area contributed by atoms with Crippen LogP contribution in [0.15, 0.2) is 36.4 Å². The Labute approximate surface area is 187 Å². The Kier molecular flexibility index (Phi) is 7.66. The van der Waals surface area contributed by atoms with Crippen LogP contribution in [0.4, 0.5) is 0 Å². The lowest BCUT2D eigenvalue weighted by Crippen LogP contribution is -2.46. The number of ketones is 1. The number of hydrogen-bond donors (Lipinski definition) is 0. The summed E-state index contributed by atoms with van der Waals surface area (Å²) in [5.41, 5.74) is 6.39. The van der Waals surface area contributed by atoms with Crippen molar-refractivity contribution < 1.29 is 9.59 Å². The van der Waals surface area contributed by atoms with E-state index < -0.39 is 0 Å². The highest BCUT2D eigenvalue weighted by Crippen LogP contribution is 2.27. The van der Waals surface area contributed by atoms with Crippen LogP contribution in [0.2, 0.25) is 0 Å². The van der Waals surface area contributed by atoms with E-state index in [4.69, 9.17) is 0 Å². The van der Waals surface area contributed by atoms with Crippen molar-refractivity contribution in [2.75, 3.05) is 19.6 Å². The molecule has 31 heavy (non-hydrogen) atoms. The van der Waals surface area contributed by atoms with Crippen LogP contribution < -0.4 is 0 Å². The van der Waals surface area contributed by atoms with E-state index in [1.807, 2.05) is 42.2 Å². The van der Waals surface area contributed by atoms with Gasteiger partial charge in [-0.1, -0.05) is 31.2 Å². The predicted octanol–water partition coefficient (Wildman–Crippen LogP) is 5.33. The lowest BCUT2D eigenvalue weighted by molar-refractivity contribution is 0.0607. The van der Waals surface area contributed by atoms with Crippen molar-refractivity contribution >= 4 is 11.7 Å². The Hall–Kier alpha value is -2.46. The highest BCUT2D eigenvalue weighted by molar-refractivity contribution is 5.97. The molecule has 0 aliphatic carbocycles. The highest BCUT2D eigenvalue weighted by atomic mass is 16.2. The summed E-state index contributed by atoms with van der Waals surface area (Å²) in [6, 6.07) is 12.2. The molecule has 2 aromatic rings. The SMILES string of the molecule is CCCN(Cc1c(C)cc(C)c(C(C)=O)c1C)C1CCN(C(=O)c2ccccc2)CC1. The number of carbonyl (C=O) groups excluding carboxylic acids is 2. The third kappa shape index (κ3) is 5.24. The van der Waals surface area contributed by atoms with Gasteiger partial charge in [-0.3, -0.25) is 14.5 Å². The summed E-state index contributed by atoms with van der Waals surface area (Å²) in [6.07, 6.45) is 3.07. The van der Waals surface area contributed by atoms with Gasteiger partial charge in [0.1, 0.15) is 0 Å². The van der Waals surface area contributed by atoms with Gasteiger partial charge in [-0.05, 0) is 87.9 Å². The van der Waals surface area contributed by atoms with Crippen molar-refractivity contribution in [3.05, 3.63) is 69.8 Å². The maximum Gasteiger partial charge on any atom is 0.253 e. The molecule has 1 aliphatic heterocycles. The molecular weight excluding hydrogens is 384 g/mol. The predicted molar refractivity (Wildman–Crippen MR) is 127 cm³/mol. The summed E-state index contributed by atoms with van der Waals surface area (Å²) in [7, 11) is 0. The maximum absolute atomic E-state index is 12.8. The van der Waals surface area contributed by atoms with Gasteiger partial charge in [0.05, 0.1) is 0 Å². The zero-order chi connectivity index (χ0) is 22.5. The van der Waals surface area contributed by atoms with Crippen LogP contribution in [0.1, 0.15) is 76.1 Å². The van der Waals surface area contributed by atoms with Gasteiger partial charge in [-0.2, -0.15) is 0 Å². The zero-order valence-corrected chi connectivity index (χ0v) is 19.7. The molecule has 1 amide bonds. The number of benzene rings is 2. The van der Waals surface area contributed by atoms with Crippen molar-refractivity contribution in [3.63, 3.8) is 0 Å². The minimum Gasteiger partial charge on any atom is -0.339 e. The van der Waals surface area contributed by atoms with Gasteiger partial charge < -0.3 is 4.90 Å². The van der Waals surface area contributed by atoms with Gasteiger partial charge in [-0.15, -0.1) is 0 Å². The maximum atomic E-state index is 12.8. The molecule has 0 bridgehead atoms. The molecule has 0 atom stereocenters. The Bertz CT molecular complexity index is 928. The van der Waals surface area contributed by atoms with Crippen molar-refractivity contribution in [2.45, 2.75) is 66.5 Å². The smallest absolute Gasteiger partial charge is 0.253 e. The number of amides is 1. The number of carbonyl (C=O) groups is 2. The Morgan fingerprint density at radius 1 is 1.03 bits per heavy atom. The van der Waals surface area contributed by atoms with Gasteiger partial charge in [0.25, 0.3) is 5.91 Å². The van der Waals surface area contributed by atoms with Crippen LogP contribution in [0, 0.1) is 20.8 Å². The van der Waals surface area contributed by atoms with Crippen LogP contribution in [-0.4, -0.2) is 47.2 Å². The normalized spacial score (nSPS) is 14.8. The lowest BCUT2D eigenvalue weighted by atomic mass is 9.90. The minimum absolute atomic E-state index is 0.136. The number of aryl methyl sites for hydroxylation is 2. The van der Waals surface area contributed by atoms with E-state index in [1.54, 1.807) is 6.92 Å². The average Bonchev–Trinajstić information content (AvgIpc) is 2.75. The molecule has 0 unspecified atom stereocenters. The molecule has 166 valence electrons. The van der Waals surface area contributed by atoms with E-state index in [-0.39, 0.29) is 11.7 Å². The molecule has 0 N–H and O–H groups in total. The number of piperidine rings is 1. The third-order valence-corrected chi connectivity index (χ3v) is 6.64. The van der Waals surface area contributed by atoms with E-state index in [0.717, 1.165) is 67.7 Å². The average molecular weight is 421 g/mol.